The van der Waals surface area contributed by atoms with Crippen molar-refractivity contribution in [2.75, 3.05) is 13.2 Å². The van der Waals surface area contributed by atoms with Gasteiger partial charge >= 0.3 is 12.0 Å². The molecule has 0 aliphatic carbocycles. The summed E-state index contributed by atoms with van der Waals surface area (Å²) in [6.07, 6.45) is -0.429. The van der Waals surface area contributed by atoms with Crippen LogP contribution in [0.2, 0.25) is 0 Å². The van der Waals surface area contributed by atoms with Crippen LogP contribution in [0.5, 0.6) is 0 Å². The quantitative estimate of drug-likeness (QED) is 0.0858. The molecule has 1 aromatic carbocycles. The number of aliphatic hydroxyl groups excluding tert-OH is 1. The van der Waals surface area contributed by atoms with Crippen LogP contribution < -0.4 is 22.1 Å². The predicted octanol–water partition coefficient (Wildman–Crippen LogP) is -1.58. The number of hydrogen-bond acceptors (Lipinski definition) is 7. The van der Waals surface area contributed by atoms with Crippen LogP contribution >= 0.6 is 0 Å². The summed E-state index contributed by atoms with van der Waals surface area (Å²) >= 11 is 0. The largest absolute Gasteiger partial charge is 0.481 e. The molecule has 0 saturated carbocycles. The molecule has 1 saturated heterocycles. The Balaban J connectivity index is 2.27. The molecule has 190 valence electrons. The number of aliphatic carboxylic acids is 1. The number of aliphatic imine (C=N–C) groups is 1. The molecule has 1 aromatic rings. The predicted molar refractivity (Wildman–Crippen MR) is 122 cm³/mol. The van der Waals surface area contributed by atoms with Gasteiger partial charge in [-0.15, -0.1) is 0 Å². The number of carbonyl (C=O) groups is 5. The van der Waals surface area contributed by atoms with E-state index in [1.807, 2.05) is 0 Å². The van der Waals surface area contributed by atoms with Gasteiger partial charge in [0.1, 0.15) is 12.1 Å². The second-order valence-electron chi connectivity index (χ2n) is 7.73. The SMILES string of the molecule is CC(=O)N([C@@H](CC(=O)O)C(=O)N[C@H](CO)c1ccccc1)N1C(=O)N[C@@H](CCCN=C(N)N)C1=O. The third-order valence-electron chi connectivity index (χ3n) is 5.15. The molecule has 0 unspecified atom stereocenters. The van der Waals surface area contributed by atoms with Crippen molar-refractivity contribution < 1.29 is 34.2 Å². The van der Waals surface area contributed by atoms with Gasteiger partial charge in [0.05, 0.1) is 19.1 Å². The highest BCUT2D eigenvalue weighted by atomic mass is 16.4. The van der Waals surface area contributed by atoms with Gasteiger partial charge in [-0.2, -0.15) is 5.01 Å². The zero-order valence-corrected chi connectivity index (χ0v) is 19.1. The number of benzene rings is 1. The third-order valence-corrected chi connectivity index (χ3v) is 5.15. The maximum Gasteiger partial charge on any atom is 0.344 e. The average molecular weight is 492 g/mol. The molecule has 14 nitrogen and oxygen atoms in total. The Morgan fingerprint density at radius 1 is 1.23 bits per heavy atom. The fraction of sp³-hybridized carbons (Fsp3) is 0.429. The molecule has 0 aromatic heterocycles. The normalized spacial score (nSPS) is 16.7. The van der Waals surface area contributed by atoms with Gasteiger partial charge in [0.2, 0.25) is 11.8 Å². The van der Waals surface area contributed by atoms with E-state index in [1.165, 1.54) is 0 Å². The van der Waals surface area contributed by atoms with Crippen molar-refractivity contribution in [3.8, 4) is 0 Å². The highest BCUT2D eigenvalue weighted by molar-refractivity contribution is 6.06. The number of nitrogens with one attached hydrogen (secondary N) is 2. The van der Waals surface area contributed by atoms with E-state index in [2.05, 4.69) is 15.6 Å². The minimum Gasteiger partial charge on any atom is -0.481 e. The Morgan fingerprint density at radius 3 is 2.43 bits per heavy atom. The van der Waals surface area contributed by atoms with Crippen molar-refractivity contribution in [1.29, 1.82) is 0 Å². The lowest BCUT2D eigenvalue weighted by Gasteiger charge is -2.34. The third kappa shape index (κ3) is 7.14. The number of guanidine groups is 1. The average Bonchev–Trinajstić information content (AvgIpc) is 3.07. The number of imide groups is 1. The number of carboxylic acids is 1. The maximum absolute atomic E-state index is 13.1. The molecule has 1 aliphatic heterocycles. The fourth-order valence-electron chi connectivity index (χ4n) is 3.57. The van der Waals surface area contributed by atoms with Gasteiger partial charge in [-0.1, -0.05) is 30.3 Å². The summed E-state index contributed by atoms with van der Waals surface area (Å²) in [6, 6.07) is 3.70. The number of carboxylic acid groups (broad SMARTS) is 1. The van der Waals surface area contributed by atoms with Gasteiger partial charge in [-0.3, -0.25) is 24.2 Å². The number of urea groups is 1. The van der Waals surface area contributed by atoms with E-state index in [0.29, 0.717) is 22.0 Å². The summed E-state index contributed by atoms with van der Waals surface area (Å²) in [4.78, 5) is 66.5. The van der Waals surface area contributed by atoms with Crippen LogP contribution in [0.15, 0.2) is 35.3 Å². The molecule has 35 heavy (non-hydrogen) atoms. The molecule has 1 aliphatic rings. The Kier molecular flexibility index (Phi) is 9.52. The zero-order valence-electron chi connectivity index (χ0n) is 19.1. The van der Waals surface area contributed by atoms with Crippen LogP contribution in [0.25, 0.3) is 0 Å². The van der Waals surface area contributed by atoms with E-state index in [-0.39, 0.29) is 18.9 Å². The lowest BCUT2D eigenvalue weighted by molar-refractivity contribution is -0.164. The van der Waals surface area contributed by atoms with Crippen molar-refractivity contribution in [2.45, 2.75) is 44.3 Å². The van der Waals surface area contributed by atoms with Crippen molar-refractivity contribution in [3.63, 3.8) is 0 Å². The Morgan fingerprint density at radius 2 is 1.89 bits per heavy atom. The molecule has 3 atom stereocenters. The second kappa shape index (κ2) is 12.3. The first-order valence-corrected chi connectivity index (χ1v) is 10.7. The molecule has 5 amide bonds. The van der Waals surface area contributed by atoms with Gasteiger partial charge in [0.15, 0.2) is 5.96 Å². The van der Waals surface area contributed by atoms with Crippen molar-refractivity contribution in [2.24, 2.45) is 16.5 Å². The summed E-state index contributed by atoms with van der Waals surface area (Å²) in [5.74, 6) is -4.29. The first-order valence-electron chi connectivity index (χ1n) is 10.7. The lowest BCUT2D eigenvalue weighted by Crippen LogP contribution is -2.59. The molecule has 2 rings (SSSR count). The standard InChI is InChI=1S/C21H29N7O7/c1-12(30)27(28-19(34)14(26-21(28)35)8-5-9-24-20(22)23)16(10-17(31)32)18(33)25-15(11-29)13-6-3-2-4-7-13/h2-4,6-7,14-16,29H,5,8-11H2,1H3,(H,25,33)(H,26,35)(H,31,32)(H4,22,23,24)/t14-,15+,16-/m0/s1. The van der Waals surface area contributed by atoms with Crippen LogP contribution in [0.1, 0.15) is 37.8 Å². The lowest BCUT2D eigenvalue weighted by atomic mass is 10.1. The maximum atomic E-state index is 13.1. The van der Waals surface area contributed by atoms with Gasteiger partial charge in [0, 0.05) is 13.5 Å². The molecule has 0 bridgehead atoms. The first-order chi connectivity index (χ1) is 16.6. The molecule has 0 spiro atoms. The highest BCUT2D eigenvalue weighted by Gasteiger charge is 2.47. The second-order valence-corrected chi connectivity index (χ2v) is 7.73. The summed E-state index contributed by atoms with van der Waals surface area (Å²) in [5, 5.41) is 25.0. The number of carbonyl (C=O) groups excluding carboxylic acids is 4. The molecular weight excluding hydrogens is 462 g/mol. The smallest absolute Gasteiger partial charge is 0.344 e. The Labute approximate surface area is 200 Å². The fourth-order valence-corrected chi connectivity index (χ4v) is 3.57. The number of amides is 5. The van der Waals surface area contributed by atoms with E-state index in [1.54, 1.807) is 30.3 Å². The molecule has 8 N–H and O–H groups in total. The molecule has 1 heterocycles. The van der Waals surface area contributed by atoms with Crippen LogP contribution in [0.4, 0.5) is 4.79 Å². The van der Waals surface area contributed by atoms with E-state index < -0.39 is 60.9 Å². The molecule has 0 radical (unpaired) electrons. The van der Waals surface area contributed by atoms with E-state index >= 15 is 0 Å². The number of rotatable bonds is 12. The minimum atomic E-state index is -1.75. The molecule has 14 heteroatoms. The summed E-state index contributed by atoms with van der Waals surface area (Å²) in [5.41, 5.74) is 11.0. The highest BCUT2D eigenvalue weighted by Crippen LogP contribution is 2.20. The van der Waals surface area contributed by atoms with Crippen LogP contribution in [-0.4, -0.2) is 81.1 Å². The van der Waals surface area contributed by atoms with Crippen LogP contribution in [0.3, 0.4) is 0 Å². The summed E-state index contributed by atoms with van der Waals surface area (Å²) in [6.45, 7) is 0.677. The van der Waals surface area contributed by atoms with E-state index in [9.17, 15) is 34.2 Å². The van der Waals surface area contributed by atoms with Crippen molar-refractivity contribution in [3.05, 3.63) is 35.9 Å². The number of hydrazine groups is 1. The number of nitrogens with two attached hydrogens (primary N) is 2. The topological polar surface area (TPSA) is 221 Å². The Hall–Kier alpha value is -4.20. The van der Waals surface area contributed by atoms with Gasteiger partial charge in [-0.05, 0) is 18.4 Å². The van der Waals surface area contributed by atoms with Gasteiger partial charge in [-0.25, -0.2) is 9.80 Å². The van der Waals surface area contributed by atoms with Crippen molar-refractivity contribution >= 4 is 35.7 Å². The zero-order chi connectivity index (χ0) is 26.1. The number of nitrogens with zero attached hydrogens (tertiary/aromatic N) is 3. The molecule has 1 fully saturated rings. The van der Waals surface area contributed by atoms with E-state index in [4.69, 9.17) is 11.5 Å². The Bertz CT molecular complexity index is 981. The van der Waals surface area contributed by atoms with E-state index in [0.717, 1.165) is 6.92 Å². The first kappa shape index (κ1) is 27.0. The molecular formula is C21H29N7O7. The van der Waals surface area contributed by atoms with Crippen LogP contribution in [0, 0.1) is 0 Å². The van der Waals surface area contributed by atoms with Crippen molar-refractivity contribution in [1.82, 2.24) is 20.7 Å². The van der Waals surface area contributed by atoms with Gasteiger partial charge < -0.3 is 32.3 Å². The number of aliphatic hydroxyl groups is 1. The number of hydrogen-bond donors (Lipinski definition) is 6. The monoisotopic (exact) mass is 491 g/mol. The van der Waals surface area contributed by atoms with Gasteiger partial charge in [0.25, 0.3) is 5.91 Å². The van der Waals surface area contributed by atoms with Crippen LogP contribution in [-0.2, 0) is 19.2 Å². The summed E-state index contributed by atoms with van der Waals surface area (Å²) in [7, 11) is 0. The minimum absolute atomic E-state index is 0.129. The summed E-state index contributed by atoms with van der Waals surface area (Å²) < 4.78 is 0.